The molecule has 0 amide bonds. The molecule has 4 N–H and O–H groups in total. The van der Waals surface area contributed by atoms with E-state index in [0.29, 0.717) is 0 Å². The van der Waals surface area contributed by atoms with Gasteiger partial charge in [-0.1, -0.05) is 31.0 Å². The van der Waals surface area contributed by atoms with Crippen molar-refractivity contribution in [3.05, 3.63) is 63.4 Å². The number of aliphatic hydroxyl groups excluding tert-OH is 1. The van der Waals surface area contributed by atoms with Crippen molar-refractivity contribution in [2.24, 2.45) is 0 Å². The van der Waals surface area contributed by atoms with Crippen LogP contribution in [0.15, 0.2) is 52.2 Å². The first kappa shape index (κ1) is 29.3. The molecule has 0 saturated carbocycles. The first-order valence-electron chi connectivity index (χ1n) is 11.7. The van der Waals surface area contributed by atoms with Crippen LogP contribution in [0.25, 0.3) is 0 Å². The van der Waals surface area contributed by atoms with E-state index in [4.69, 9.17) is 24.9 Å². The van der Waals surface area contributed by atoms with Gasteiger partial charge in [-0.25, -0.2) is 9.36 Å². The Balaban J connectivity index is 1.86. The second-order valence-corrected chi connectivity index (χ2v) is 10.4. The van der Waals surface area contributed by atoms with Gasteiger partial charge in [0.1, 0.15) is 24.0 Å². The van der Waals surface area contributed by atoms with Crippen molar-refractivity contribution in [1.82, 2.24) is 14.6 Å². The zero-order chi connectivity index (χ0) is 28.1. The summed E-state index contributed by atoms with van der Waals surface area (Å²) in [5.41, 5.74) is -4.06. The van der Waals surface area contributed by atoms with E-state index in [-0.39, 0.29) is 12.2 Å². The summed E-state index contributed by atoms with van der Waals surface area (Å²) in [6, 6.07) is 7.94. The van der Waals surface area contributed by atoms with E-state index in [2.05, 4.69) is 5.09 Å². The fraction of sp³-hybridized carbons (Fsp3) is 0.458. The summed E-state index contributed by atoms with van der Waals surface area (Å²) in [6.45, 7) is 4.34. The van der Waals surface area contributed by atoms with Gasteiger partial charge in [-0.2, -0.15) is 5.09 Å². The molecule has 0 spiro atoms. The number of terminal acetylenes is 1. The minimum atomic E-state index is -4.34. The number of nitrogens with zero attached hydrogens (tertiary/aromatic N) is 1. The number of carbonyl (C=O) groups is 1. The predicted molar refractivity (Wildman–Crippen MR) is 134 cm³/mol. The molecule has 0 bridgehead atoms. The van der Waals surface area contributed by atoms with Gasteiger partial charge in [-0.3, -0.25) is 23.7 Å². The van der Waals surface area contributed by atoms with Gasteiger partial charge in [-0.15, -0.1) is 6.42 Å². The van der Waals surface area contributed by atoms with Gasteiger partial charge in [0.25, 0.3) is 5.56 Å². The molecule has 14 heteroatoms. The van der Waals surface area contributed by atoms with Gasteiger partial charge in [0, 0.05) is 12.3 Å². The van der Waals surface area contributed by atoms with Crippen LogP contribution >= 0.6 is 7.75 Å². The van der Waals surface area contributed by atoms with E-state index in [1.807, 2.05) is 10.9 Å². The van der Waals surface area contributed by atoms with Crippen LogP contribution in [0.1, 0.15) is 33.4 Å². The van der Waals surface area contributed by atoms with Gasteiger partial charge < -0.3 is 24.2 Å². The smallest absolute Gasteiger partial charge is 0.459 e. The molecule has 38 heavy (non-hydrogen) atoms. The number of ether oxygens (including phenoxy) is 2. The number of nitrogens with one attached hydrogen (secondary N) is 2. The molecule has 1 aliphatic heterocycles. The highest BCUT2D eigenvalue weighted by Gasteiger charge is 2.56. The zero-order valence-corrected chi connectivity index (χ0v) is 21.9. The Labute approximate surface area is 218 Å². The second-order valence-electron chi connectivity index (χ2n) is 8.73. The van der Waals surface area contributed by atoms with Crippen molar-refractivity contribution in [2.45, 2.75) is 63.4 Å². The molecule has 2 aromatic rings. The van der Waals surface area contributed by atoms with Crippen LogP contribution in [0.3, 0.4) is 0 Å². The van der Waals surface area contributed by atoms with Gasteiger partial charge in [0.2, 0.25) is 0 Å². The highest BCUT2D eigenvalue weighted by atomic mass is 31.2. The van der Waals surface area contributed by atoms with E-state index in [1.54, 1.807) is 39.0 Å². The number of aromatic nitrogens is 2. The van der Waals surface area contributed by atoms with Gasteiger partial charge in [-0.05, 0) is 32.4 Å². The predicted octanol–water partition coefficient (Wildman–Crippen LogP) is 0.683. The first-order valence-corrected chi connectivity index (χ1v) is 13.3. The van der Waals surface area contributed by atoms with E-state index >= 15 is 0 Å². The van der Waals surface area contributed by atoms with E-state index in [1.165, 1.54) is 12.1 Å². The molecular weight excluding hydrogens is 521 g/mol. The molecule has 1 saturated heterocycles. The van der Waals surface area contributed by atoms with E-state index in [0.717, 1.165) is 16.8 Å². The van der Waals surface area contributed by atoms with Crippen LogP contribution in [0.4, 0.5) is 0 Å². The molecule has 1 aromatic carbocycles. The third-order valence-corrected chi connectivity index (χ3v) is 7.12. The van der Waals surface area contributed by atoms with Crippen molar-refractivity contribution in [3.8, 4) is 18.1 Å². The van der Waals surface area contributed by atoms with Crippen LogP contribution in [0, 0.1) is 12.3 Å². The van der Waals surface area contributed by atoms with Gasteiger partial charge in [0.15, 0.2) is 11.8 Å². The Kier molecular flexibility index (Phi) is 9.32. The molecular formula is C24H30N3O10P. The number of benzene rings is 1. The Bertz CT molecular complexity index is 1320. The Hall–Kier alpha value is -3.24. The monoisotopic (exact) mass is 551 g/mol. The molecule has 2 unspecified atom stereocenters. The lowest BCUT2D eigenvalue weighted by molar-refractivity contribution is -0.149. The lowest BCUT2D eigenvalue weighted by Gasteiger charge is -2.26. The molecule has 0 radical (unpaired) electrons. The second kappa shape index (κ2) is 12.1. The Morgan fingerprint density at radius 1 is 1.32 bits per heavy atom. The van der Waals surface area contributed by atoms with Crippen LogP contribution in [0.2, 0.25) is 0 Å². The Morgan fingerprint density at radius 2 is 2.00 bits per heavy atom. The van der Waals surface area contributed by atoms with E-state index in [9.17, 15) is 29.2 Å². The summed E-state index contributed by atoms with van der Waals surface area (Å²) in [7, 11) is -4.34. The SMILES string of the molecule is C#C[C@@]1(O)[C@H](O)C(COP(=O)(N[C@@H](CC)C(=O)OC(C)C)Oc2ccccc2)O[C@H]1n1ccc(=O)[nH]c1=O. The number of para-hydroxylation sites is 1. The lowest BCUT2D eigenvalue weighted by Crippen LogP contribution is -2.48. The summed E-state index contributed by atoms with van der Waals surface area (Å²) in [5.74, 6) is 1.49. The van der Waals surface area contributed by atoms with Crippen LogP contribution in [-0.4, -0.2) is 62.3 Å². The average Bonchev–Trinajstić information content (AvgIpc) is 3.12. The van der Waals surface area contributed by atoms with Crippen LogP contribution in [0.5, 0.6) is 5.75 Å². The maximum Gasteiger partial charge on any atom is 0.459 e. The minimum absolute atomic E-state index is 0.154. The number of aromatic amines is 1. The van der Waals surface area contributed by atoms with Crippen molar-refractivity contribution in [3.63, 3.8) is 0 Å². The quantitative estimate of drug-likeness (QED) is 0.175. The van der Waals surface area contributed by atoms with Crippen molar-refractivity contribution < 1.29 is 38.1 Å². The number of esters is 1. The number of rotatable bonds is 11. The molecule has 3 rings (SSSR count). The highest BCUT2D eigenvalue weighted by Crippen LogP contribution is 2.47. The standard InChI is InChI=1S/C24H30N3O10P/c1-5-17(21(30)35-15(3)4)26-38(33,37-16-10-8-7-9-11-16)34-14-18-20(29)24(32,6-2)22(36-18)27-13-12-19(28)25-23(27)31/h2,7-13,15,17-18,20,22,29,32H,5,14H2,1,3-4H3,(H,26,33)(H,25,28,31)/t17-,18?,20+,22+,24+,38?/m0/s1. The number of hydrogen-bond donors (Lipinski definition) is 4. The summed E-state index contributed by atoms with van der Waals surface area (Å²) in [5, 5.41) is 24.3. The maximum absolute atomic E-state index is 13.8. The van der Waals surface area contributed by atoms with Crippen molar-refractivity contribution in [2.75, 3.05) is 6.61 Å². The topological polar surface area (TPSA) is 178 Å². The fourth-order valence-electron chi connectivity index (χ4n) is 3.65. The minimum Gasteiger partial charge on any atom is -0.462 e. The molecule has 6 atom stereocenters. The normalized spacial score (nSPS) is 25.3. The molecule has 13 nitrogen and oxygen atoms in total. The number of carbonyl (C=O) groups excluding carboxylic acids is 1. The first-order chi connectivity index (χ1) is 17.9. The molecule has 206 valence electrons. The highest BCUT2D eigenvalue weighted by molar-refractivity contribution is 7.52. The molecule has 2 heterocycles. The van der Waals surface area contributed by atoms with Gasteiger partial charge >= 0.3 is 19.4 Å². The zero-order valence-electron chi connectivity index (χ0n) is 21.0. The number of H-pyrrole nitrogens is 1. The summed E-state index contributed by atoms with van der Waals surface area (Å²) < 4.78 is 36.6. The van der Waals surface area contributed by atoms with Crippen LogP contribution < -0.4 is 20.9 Å². The third kappa shape index (κ3) is 6.60. The molecule has 1 fully saturated rings. The average molecular weight is 551 g/mol. The van der Waals surface area contributed by atoms with Crippen molar-refractivity contribution in [1.29, 1.82) is 0 Å². The van der Waals surface area contributed by atoms with Gasteiger partial charge in [0.05, 0.1) is 12.7 Å². The Morgan fingerprint density at radius 3 is 2.58 bits per heavy atom. The summed E-state index contributed by atoms with van der Waals surface area (Å²) in [6.07, 6.45) is 1.42. The molecule has 1 aromatic heterocycles. The molecule has 0 aliphatic carbocycles. The summed E-state index contributed by atoms with van der Waals surface area (Å²) >= 11 is 0. The maximum atomic E-state index is 13.8. The lowest BCUT2D eigenvalue weighted by atomic mass is 9.95. The summed E-state index contributed by atoms with van der Waals surface area (Å²) in [4.78, 5) is 38.2. The molecule has 1 aliphatic rings. The van der Waals surface area contributed by atoms with E-state index < -0.39 is 67.8 Å². The third-order valence-electron chi connectivity index (χ3n) is 5.55. The van der Waals surface area contributed by atoms with Crippen molar-refractivity contribution >= 4 is 13.7 Å². The van der Waals surface area contributed by atoms with Crippen LogP contribution in [-0.2, 0) is 23.4 Å². The fourth-order valence-corrected chi connectivity index (χ4v) is 5.24. The largest absolute Gasteiger partial charge is 0.462 e. The number of hydrogen-bond acceptors (Lipinski definition) is 10. The number of aliphatic hydroxyl groups is 2.